The molecular formula is C11H18N2O2. The molecule has 2 unspecified atom stereocenters. The van der Waals surface area contributed by atoms with Crippen molar-refractivity contribution in [2.24, 2.45) is 0 Å². The number of carbonyl (C=O) groups is 2. The summed E-state index contributed by atoms with van der Waals surface area (Å²) in [5, 5.41) is 5.73. The fraction of sp³-hybridized carbons (Fsp3) is 0.636. The third-order valence-electron chi connectivity index (χ3n) is 2.67. The van der Waals surface area contributed by atoms with Gasteiger partial charge in [-0.15, -0.1) is 0 Å². The maximum atomic E-state index is 11.2. The lowest BCUT2D eigenvalue weighted by Gasteiger charge is -2.32. The summed E-state index contributed by atoms with van der Waals surface area (Å²) in [7, 11) is 0. The summed E-state index contributed by atoms with van der Waals surface area (Å²) in [5.41, 5.74) is 0. The zero-order valence-corrected chi connectivity index (χ0v) is 9.08. The molecular weight excluding hydrogens is 192 g/mol. The van der Waals surface area contributed by atoms with E-state index in [1.54, 1.807) is 0 Å². The van der Waals surface area contributed by atoms with Gasteiger partial charge in [0, 0.05) is 19.0 Å². The summed E-state index contributed by atoms with van der Waals surface area (Å²) in [4.78, 5) is 22.1. The molecule has 0 aliphatic heterocycles. The monoisotopic (exact) mass is 210 g/mol. The molecule has 2 atom stereocenters. The van der Waals surface area contributed by atoms with Gasteiger partial charge in [0.25, 0.3) is 0 Å². The van der Waals surface area contributed by atoms with Gasteiger partial charge in [-0.3, -0.25) is 9.59 Å². The van der Waals surface area contributed by atoms with Crippen LogP contribution in [-0.4, -0.2) is 23.9 Å². The van der Waals surface area contributed by atoms with Crippen LogP contribution in [0.15, 0.2) is 12.7 Å². The lowest BCUT2D eigenvalue weighted by molar-refractivity contribution is -0.121. The molecule has 1 aliphatic carbocycles. The van der Waals surface area contributed by atoms with Crippen molar-refractivity contribution in [3.63, 3.8) is 0 Å². The molecule has 84 valence electrons. The molecule has 1 rings (SSSR count). The van der Waals surface area contributed by atoms with Crippen LogP contribution in [-0.2, 0) is 9.59 Å². The standard InChI is InChI=1S/C11H18N2O2/c1-3-11(15)13-10-7-5-4-6-9(10)12-8(2)14/h3,9-10H,1,4-7H2,2H3,(H,12,14)(H,13,15). The van der Waals surface area contributed by atoms with Gasteiger partial charge in [-0.05, 0) is 18.9 Å². The number of carbonyl (C=O) groups excluding carboxylic acids is 2. The molecule has 1 aliphatic rings. The number of amides is 2. The lowest BCUT2D eigenvalue weighted by Crippen LogP contribution is -2.52. The highest BCUT2D eigenvalue weighted by Gasteiger charge is 2.26. The topological polar surface area (TPSA) is 58.2 Å². The molecule has 4 nitrogen and oxygen atoms in total. The van der Waals surface area contributed by atoms with Gasteiger partial charge in [-0.25, -0.2) is 0 Å². The first-order valence-electron chi connectivity index (χ1n) is 5.33. The Morgan fingerprint density at radius 2 is 1.73 bits per heavy atom. The van der Waals surface area contributed by atoms with Crippen molar-refractivity contribution < 1.29 is 9.59 Å². The molecule has 0 radical (unpaired) electrons. The SMILES string of the molecule is C=CC(=O)NC1CCCCC1NC(C)=O. The number of rotatable bonds is 3. The summed E-state index contributed by atoms with van der Waals surface area (Å²) in [6, 6.07) is 0.119. The van der Waals surface area contributed by atoms with E-state index in [9.17, 15) is 9.59 Å². The van der Waals surface area contributed by atoms with Crippen molar-refractivity contribution in [2.45, 2.75) is 44.7 Å². The van der Waals surface area contributed by atoms with Crippen molar-refractivity contribution >= 4 is 11.8 Å². The molecule has 15 heavy (non-hydrogen) atoms. The Kier molecular flexibility index (Phi) is 4.34. The summed E-state index contributed by atoms with van der Waals surface area (Å²) in [6.07, 6.45) is 5.31. The van der Waals surface area contributed by atoms with Crippen LogP contribution in [0.5, 0.6) is 0 Å². The Morgan fingerprint density at radius 1 is 1.20 bits per heavy atom. The van der Waals surface area contributed by atoms with Crippen molar-refractivity contribution in [1.29, 1.82) is 0 Å². The molecule has 0 spiro atoms. The second-order valence-corrected chi connectivity index (χ2v) is 3.91. The van der Waals surface area contributed by atoms with E-state index >= 15 is 0 Å². The average molecular weight is 210 g/mol. The maximum absolute atomic E-state index is 11.2. The molecule has 0 bridgehead atoms. The van der Waals surface area contributed by atoms with E-state index in [1.165, 1.54) is 13.0 Å². The zero-order chi connectivity index (χ0) is 11.3. The summed E-state index contributed by atoms with van der Waals surface area (Å²) < 4.78 is 0. The molecule has 0 aromatic rings. The third kappa shape index (κ3) is 3.73. The molecule has 0 aromatic heterocycles. The molecule has 4 heteroatoms. The molecule has 2 amide bonds. The number of nitrogens with one attached hydrogen (secondary N) is 2. The zero-order valence-electron chi connectivity index (χ0n) is 9.08. The number of hydrogen-bond acceptors (Lipinski definition) is 2. The Balaban J connectivity index is 2.52. The van der Waals surface area contributed by atoms with E-state index in [-0.39, 0.29) is 23.9 Å². The molecule has 2 N–H and O–H groups in total. The van der Waals surface area contributed by atoms with E-state index in [1.807, 2.05) is 0 Å². The average Bonchev–Trinajstić information content (AvgIpc) is 2.20. The van der Waals surface area contributed by atoms with Crippen molar-refractivity contribution in [1.82, 2.24) is 10.6 Å². The van der Waals surface area contributed by atoms with E-state index in [2.05, 4.69) is 17.2 Å². The Bertz CT molecular complexity index is 263. The van der Waals surface area contributed by atoms with Crippen molar-refractivity contribution in [3.8, 4) is 0 Å². The summed E-state index contributed by atoms with van der Waals surface area (Å²) in [6.45, 7) is 4.91. The highest BCUT2D eigenvalue weighted by atomic mass is 16.2. The lowest BCUT2D eigenvalue weighted by atomic mass is 9.90. The predicted octanol–water partition coefficient (Wildman–Crippen LogP) is 0.736. The van der Waals surface area contributed by atoms with Crippen LogP contribution in [0.1, 0.15) is 32.6 Å². The van der Waals surface area contributed by atoms with Gasteiger partial charge in [-0.2, -0.15) is 0 Å². The number of hydrogen-bond donors (Lipinski definition) is 2. The highest BCUT2D eigenvalue weighted by Crippen LogP contribution is 2.18. The van der Waals surface area contributed by atoms with Crippen LogP contribution < -0.4 is 10.6 Å². The van der Waals surface area contributed by atoms with Gasteiger partial charge in [-0.1, -0.05) is 19.4 Å². The van der Waals surface area contributed by atoms with Crippen molar-refractivity contribution in [2.75, 3.05) is 0 Å². The molecule has 1 fully saturated rings. The van der Waals surface area contributed by atoms with Crippen LogP contribution in [0.3, 0.4) is 0 Å². The summed E-state index contributed by atoms with van der Waals surface area (Å²) in [5.74, 6) is -0.211. The smallest absolute Gasteiger partial charge is 0.243 e. The van der Waals surface area contributed by atoms with Gasteiger partial charge >= 0.3 is 0 Å². The Hall–Kier alpha value is -1.32. The minimum absolute atomic E-state index is 0.0419. The first-order valence-corrected chi connectivity index (χ1v) is 5.33. The van der Waals surface area contributed by atoms with Gasteiger partial charge < -0.3 is 10.6 Å². The minimum atomic E-state index is -0.169. The van der Waals surface area contributed by atoms with Crippen LogP contribution in [0.2, 0.25) is 0 Å². The van der Waals surface area contributed by atoms with Crippen LogP contribution in [0, 0.1) is 0 Å². The highest BCUT2D eigenvalue weighted by molar-refractivity contribution is 5.87. The predicted molar refractivity (Wildman–Crippen MR) is 58.2 cm³/mol. The maximum Gasteiger partial charge on any atom is 0.243 e. The van der Waals surface area contributed by atoms with E-state index in [0.717, 1.165) is 25.7 Å². The van der Waals surface area contributed by atoms with E-state index < -0.39 is 0 Å². The normalized spacial score (nSPS) is 25.4. The minimum Gasteiger partial charge on any atom is -0.352 e. The van der Waals surface area contributed by atoms with E-state index in [0.29, 0.717) is 0 Å². The fourth-order valence-electron chi connectivity index (χ4n) is 1.98. The van der Waals surface area contributed by atoms with Crippen LogP contribution >= 0.6 is 0 Å². The van der Waals surface area contributed by atoms with Gasteiger partial charge in [0.15, 0.2) is 0 Å². The first-order chi connectivity index (χ1) is 7.13. The van der Waals surface area contributed by atoms with Gasteiger partial charge in [0.05, 0.1) is 0 Å². The Labute approximate surface area is 90.1 Å². The van der Waals surface area contributed by atoms with Gasteiger partial charge in [0.2, 0.25) is 11.8 Å². The fourth-order valence-corrected chi connectivity index (χ4v) is 1.98. The molecule has 0 heterocycles. The summed E-state index contributed by atoms with van der Waals surface area (Å²) >= 11 is 0. The largest absolute Gasteiger partial charge is 0.352 e. The Morgan fingerprint density at radius 3 is 2.20 bits per heavy atom. The second kappa shape index (κ2) is 5.53. The van der Waals surface area contributed by atoms with E-state index in [4.69, 9.17) is 0 Å². The third-order valence-corrected chi connectivity index (χ3v) is 2.67. The second-order valence-electron chi connectivity index (χ2n) is 3.91. The van der Waals surface area contributed by atoms with Crippen molar-refractivity contribution in [3.05, 3.63) is 12.7 Å². The van der Waals surface area contributed by atoms with Crippen LogP contribution in [0.4, 0.5) is 0 Å². The molecule has 0 saturated heterocycles. The van der Waals surface area contributed by atoms with Gasteiger partial charge in [0.1, 0.15) is 0 Å². The molecule has 0 aromatic carbocycles. The quantitative estimate of drug-likeness (QED) is 0.675. The molecule has 1 saturated carbocycles. The van der Waals surface area contributed by atoms with Crippen LogP contribution in [0.25, 0.3) is 0 Å². The first kappa shape index (κ1) is 11.8.